The van der Waals surface area contributed by atoms with E-state index >= 15 is 0 Å². The van der Waals surface area contributed by atoms with E-state index in [1.54, 1.807) is 24.4 Å². The van der Waals surface area contributed by atoms with Crippen molar-refractivity contribution in [3.63, 3.8) is 0 Å². The molecule has 0 saturated carbocycles. The van der Waals surface area contributed by atoms with E-state index in [4.69, 9.17) is 5.11 Å². The molecule has 1 aromatic heterocycles. The quantitative estimate of drug-likeness (QED) is 0.789. The molecule has 0 aliphatic rings. The molecule has 0 saturated heterocycles. The number of aromatic nitrogens is 1. The van der Waals surface area contributed by atoms with E-state index in [1.807, 2.05) is 6.92 Å². The highest BCUT2D eigenvalue weighted by molar-refractivity contribution is 5.72. The Kier molecular flexibility index (Phi) is 4.61. The van der Waals surface area contributed by atoms with E-state index in [0.717, 1.165) is 11.6 Å². The zero-order chi connectivity index (χ0) is 12.0. The number of allylic oxidation sites excluding steroid dienone is 5. The Morgan fingerprint density at radius 2 is 2.31 bits per heavy atom. The van der Waals surface area contributed by atoms with Crippen LogP contribution in [0.2, 0.25) is 0 Å². The lowest BCUT2D eigenvalue weighted by atomic mass is 10.1. The molecule has 0 atom stereocenters. The Balaban J connectivity index is 3.01. The number of aliphatic hydroxyl groups excluding tert-OH is 1. The van der Waals surface area contributed by atoms with Crippen molar-refractivity contribution in [1.29, 1.82) is 0 Å². The van der Waals surface area contributed by atoms with Gasteiger partial charge in [-0.25, -0.2) is 4.39 Å². The van der Waals surface area contributed by atoms with Gasteiger partial charge in [0, 0.05) is 6.20 Å². The molecule has 2 nitrogen and oxygen atoms in total. The molecule has 1 N–H and O–H groups in total. The lowest BCUT2D eigenvalue weighted by Gasteiger charge is -2.02. The Labute approximate surface area is 94.5 Å². The molecule has 0 aliphatic heterocycles. The third-order valence-corrected chi connectivity index (χ3v) is 2.10. The fraction of sp³-hybridized carbons (Fsp3) is 0.154. The van der Waals surface area contributed by atoms with E-state index in [-0.39, 0.29) is 6.61 Å². The number of nitrogens with zero attached hydrogens (tertiary/aromatic N) is 1. The highest BCUT2D eigenvalue weighted by Crippen LogP contribution is 2.16. The number of halogens is 1. The first kappa shape index (κ1) is 12.3. The summed E-state index contributed by atoms with van der Waals surface area (Å²) in [6.07, 6.45) is 5.85. The SMILES string of the molecule is C=C/C(F)=C\C(=C/C)c1ccc(CO)cn1. The average Bonchev–Trinajstić information content (AvgIpc) is 2.35. The summed E-state index contributed by atoms with van der Waals surface area (Å²) in [6, 6.07) is 3.50. The maximum Gasteiger partial charge on any atom is 0.123 e. The minimum absolute atomic E-state index is 0.0463. The molecule has 84 valence electrons. The van der Waals surface area contributed by atoms with Gasteiger partial charge in [-0.05, 0) is 36.3 Å². The summed E-state index contributed by atoms with van der Waals surface area (Å²) < 4.78 is 13.0. The van der Waals surface area contributed by atoms with Gasteiger partial charge in [0.25, 0.3) is 0 Å². The molecule has 0 fully saturated rings. The van der Waals surface area contributed by atoms with Crippen molar-refractivity contribution in [1.82, 2.24) is 4.98 Å². The highest BCUT2D eigenvalue weighted by Gasteiger charge is 2.00. The van der Waals surface area contributed by atoms with E-state index in [9.17, 15) is 4.39 Å². The summed E-state index contributed by atoms with van der Waals surface area (Å²) in [6.45, 7) is 5.11. The monoisotopic (exact) mass is 219 g/mol. The molecule has 0 radical (unpaired) electrons. The van der Waals surface area contributed by atoms with E-state index < -0.39 is 5.83 Å². The topological polar surface area (TPSA) is 33.1 Å². The Morgan fingerprint density at radius 3 is 2.75 bits per heavy atom. The largest absolute Gasteiger partial charge is 0.392 e. The first-order chi connectivity index (χ1) is 7.71. The van der Waals surface area contributed by atoms with Gasteiger partial charge >= 0.3 is 0 Å². The van der Waals surface area contributed by atoms with Gasteiger partial charge in [-0.1, -0.05) is 18.7 Å². The second-order valence-corrected chi connectivity index (χ2v) is 3.19. The Morgan fingerprint density at radius 1 is 1.56 bits per heavy atom. The number of rotatable bonds is 4. The van der Waals surface area contributed by atoms with Crippen LogP contribution in [-0.2, 0) is 6.61 Å². The number of hydrogen-bond acceptors (Lipinski definition) is 2. The van der Waals surface area contributed by atoms with Crippen molar-refractivity contribution in [3.8, 4) is 0 Å². The molecule has 0 spiro atoms. The number of aliphatic hydroxyl groups is 1. The van der Waals surface area contributed by atoms with Crippen molar-refractivity contribution in [2.24, 2.45) is 0 Å². The summed E-state index contributed by atoms with van der Waals surface area (Å²) in [5, 5.41) is 8.87. The summed E-state index contributed by atoms with van der Waals surface area (Å²) >= 11 is 0. The molecule has 1 rings (SSSR count). The van der Waals surface area contributed by atoms with E-state index in [1.165, 1.54) is 6.08 Å². The Bertz CT molecular complexity index is 418. The summed E-state index contributed by atoms with van der Waals surface area (Å²) in [4.78, 5) is 4.13. The van der Waals surface area contributed by atoms with Crippen LogP contribution in [0.4, 0.5) is 4.39 Å². The van der Waals surface area contributed by atoms with Gasteiger partial charge in [-0.2, -0.15) is 0 Å². The smallest absolute Gasteiger partial charge is 0.123 e. The molecule has 0 amide bonds. The van der Waals surface area contributed by atoms with Gasteiger partial charge in [0.2, 0.25) is 0 Å². The van der Waals surface area contributed by atoms with Gasteiger partial charge in [0.15, 0.2) is 0 Å². The molecule has 16 heavy (non-hydrogen) atoms. The van der Waals surface area contributed by atoms with Crippen LogP contribution in [-0.4, -0.2) is 10.1 Å². The first-order valence-corrected chi connectivity index (χ1v) is 4.93. The van der Waals surface area contributed by atoms with Crippen molar-refractivity contribution >= 4 is 5.57 Å². The highest BCUT2D eigenvalue weighted by atomic mass is 19.1. The van der Waals surface area contributed by atoms with Crippen LogP contribution in [0, 0.1) is 0 Å². The predicted octanol–water partition coefficient (Wildman–Crippen LogP) is 3.02. The maximum absolute atomic E-state index is 13.0. The third-order valence-electron chi connectivity index (χ3n) is 2.10. The minimum atomic E-state index is -0.402. The lowest BCUT2D eigenvalue weighted by Crippen LogP contribution is -1.90. The second kappa shape index (κ2) is 5.98. The Hall–Kier alpha value is -1.74. The predicted molar refractivity (Wildman–Crippen MR) is 63.2 cm³/mol. The molecule has 0 aromatic carbocycles. The zero-order valence-corrected chi connectivity index (χ0v) is 9.15. The van der Waals surface area contributed by atoms with Crippen LogP contribution < -0.4 is 0 Å². The van der Waals surface area contributed by atoms with Gasteiger partial charge in [0.05, 0.1) is 12.3 Å². The van der Waals surface area contributed by atoms with E-state index in [0.29, 0.717) is 11.3 Å². The first-order valence-electron chi connectivity index (χ1n) is 4.93. The molecule has 0 aliphatic carbocycles. The summed E-state index contributed by atoms with van der Waals surface area (Å²) in [5.74, 6) is -0.402. The van der Waals surface area contributed by atoms with E-state index in [2.05, 4.69) is 11.6 Å². The summed E-state index contributed by atoms with van der Waals surface area (Å²) in [5.41, 5.74) is 2.07. The molecular formula is C13H14FNO. The molecule has 0 unspecified atom stereocenters. The van der Waals surface area contributed by atoms with Crippen molar-refractivity contribution < 1.29 is 9.50 Å². The third kappa shape index (κ3) is 3.14. The van der Waals surface area contributed by atoms with Crippen LogP contribution in [0.1, 0.15) is 18.2 Å². The molecule has 1 aromatic rings. The molecule has 3 heteroatoms. The molecule has 1 heterocycles. The number of hydrogen-bond donors (Lipinski definition) is 1. The van der Waals surface area contributed by atoms with Gasteiger partial charge in [0.1, 0.15) is 5.83 Å². The number of pyridine rings is 1. The lowest BCUT2D eigenvalue weighted by molar-refractivity contribution is 0.281. The van der Waals surface area contributed by atoms with Gasteiger partial charge < -0.3 is 5.11 Å². The van der Waals surface area contributed by atoms with Gasteiger partial charge in [-0.3, -0.25) is 4.98 Å². The standard InChI is InChI=1S/C13H14FNO/c1-3-11(7-12(14)4-2)13-6-5-10(9-16)8-15-13/h3-8,16H,2,9H2,1H3/b11-3+,12-7+. The average molecular weight is 219 g/mol. The van der Waals surface area contributed by atoms with Crippen molar-refractivity contribution in [2.45, 2.75) is 13.5 Å². The van der Waals surface area contributed by atoms with Crippen LogP contribution in [0.3, 0.4) is 0 Å². The molecule has 0 bridgehead atoms. The van der Waals surface area contributed by atoms with Crippen molar-refractivity contribution in [3.05, 3.63) is 60.2 Å². The normalized spacial score (nSPS) is 12.7. The zero-order valence-electron chi connectivity index (χ0n) is 9.15. The summed E-state index contributed by atoms with van der Waals surface area (Å²) in [7, 11) is 0. The maximum atomic E-state index is 13.0. The van der Waals surface area contributed by atoms with Crippen LogP contribution >= 0.6 is 0 Å². The second-order valence-electron chi connectivity index (χ2n) is 3.19. The fourth-order valence-corrected chi connectivity index (χ4v) is 1.20. The minimum Gasteiger partial charge on any atom is -0.392 e. The van der Waals surface area contributed by atoms with Gasteiger partial charge in [-0.15, -0.1) is 0 Å². The van der Waals surface area contributed by atoms with Crippen molar-refractivity contribution in [2.75, 3.05) is 0 Å². The fourth-order valence-electron chi connectivity index (χ4n) is 1.20. The molecular weight excluding hydrogens is 205 g/mol. The van der Waals surface area contributed by atoms with Crippen LogP contribution in [0.15, 0.2) is 49.0 Å². The van der Waals surface area contributed by atoms with Crippen LogP contribution in [0.25, 0.3) is 5.57 Å². The van der Waals surface area contributed by atoms with Crippen LogP contribution in [0.5, 0.6) is 0 Å².